The smallest absolute Gasteiger partial charge is 0.289 e. The third-order valence-corrected chi connectivity index (χ3v) is 4.90. The number of para-hydroxylation sites is 1. The van der Waals surface area contributed by atoms with Crippen LogP contribution in [0.25, 0.3) is 0 Å². The van der Waals surface area contributed by atoms with Gasteiger partial charge in [0.25, 0.3) is 5.69 Å². The summed E-state index contributed by atoms with van der Waals surface area (Å²) in [6.45, 7) is 3.66. The maximum absolute atomic E-state index is 12.1. The van der Waals surface area contributed by atoms with Crippen LogP contribution >= 0.6 is 0 Å². The van der Waals surface area contributed by atoms with Crippen molar-refractivity contribution in [3.8, 4) is 0 Å². The molecule has 0 aromatic heterocycles. The molecule has 0 heterocycles. The maximum atomic E-state index is 12.1. The second-order valence-corrected chi connectivity index (χ2v) is 6.46. The van der Waals surface area contributed by atoms with E-state index in [0.717, 1.165) is 18.9 Å². The lowest BCUT2D eigenvalue weighted by molar-refractivity contribution is -0.387. The molecule has 0 aliphatic carbocycles. The number of rotatable bonds is 8. The Balaban J connectivity index is 2.91. The van der Waals surface area contributed by atoms with Crippen molar-refractivity contribution in [1.29, 1.82) is 0 Å². The van der Waals surface area contributed by atoms with Gasteiger partial charge >= 0.3 is 0 Å². The molecule has 0 aliphatic rings. The number of hydrogen-bond donors (Lipinski definition) is 2. The number of nitrogens with zero attached hydrogens (tertiary/aromatic N) is 1. The number of nitro benzene ring substituents is 1. The standard InChI is InChI=1S/C13H20N2O5S/c1-3-10(4-2)12(16)9-14-21(19,20)13-8-6-5-7-11(13)15(17)18/h5-8,10,12,14,16H,3-4,9H2,1-2H3. The van der Waals surface area contributed by atoms with Crippen molar-refractivity contribution < 1.29 is 18.4 Å². The van der Waals surface area contributed by atoms with Crippen LogP contribution in [0.2, 0.25) is 0 Å². The normalized spacial score (nSPS) is 13.3. The van der Waals surface area contributed by atoms with Gasteiger partial charge in [0.1, 0.15) is 0 Å². The first-order chi connectivity index (χ1) is 9.83. The van der Waals surface area contributed by atoms with E-state index in [-0.39, 0.29) is 12.5 Å². The van der Waals surface area contributed by atoms with E-state index in [1.54, 1.807) is 0 Å². The van der Waals surface area contributed by atoms with E-state index in [4.69, 9.17) is 0 Å². The minimum absolute atomic E-state index is 0.0153. The van der Waals surface area contributed by atoms with Crippen molar-refractivity contribution in [1.82, 2.24) is 4.72 Å². The molecule has 1 unspecified atom stereocenters. The van der Waals surface area contributed by atoms with Crippen LogP contribution in [-0.2, 0) is 10.0 Å². The summed E-state index contributed by atoms with van der Waals surface area (Å²) in [4.78, 5) is 9.73. The van der Waals surface area contributed by atoms with E-state index >= 15 is 0 Å². The summed E-state index contributed by atoms with van der Waals surface area (Å²) in [6.07, 6.45) is 0.632. The Morgan fingerprint density at radius 1 is 1.29 bits per heavy atom. The Morgan fingerprint density at radius 2 is 1.86 bits per heavy atom. The molecule has 1 rings (SSSR count). The molecule has 0 bridgehead atoms. The van der Waals surface area contributed by atoms with Gasteiger partial charge in [-0.3, -0.25) is 10.1 Å². The van der Waals surface area contributed by atoms with Gasteiger partial charge in [-0.15, -0.1) is 0 Å². The molecule has 2 N–H and O–H groups in total. The van der Waals surface area contributed by atoms with Gasteiger partial charge in [0.15, 0.2) is 4.90 Å². The van der Waals surface area contributed by atoms with Crippen molar-refractivity contribution in [3.05, 3.63) is 34.4 Å². The van der Waals surface area contributed by atoms with E-state index in [1.807, 2.05) is 13.8 Å². The number of benzene rings is 1. The summed E-state index contributed by atoms with van der Waals surface area (Å²) >= 11 is 0. The summed E-state index contributed by atoms with van der Waals surface area (Å²) in [6, 6.07) is 5.12. The minimum Gasteiger partial charge on any atom is -0.391 e. The van der Waals surface area contributed by atoms with Gasteiger partial charge in [0.05, 0.1) is 11.0 Å². The van der Waals surface area contributed by atoms with Crippen LogP contribution in [0.4, 0.5) is 5.69 Å². The van der Waals surface area contributed by atoms with Gasteiger partial charge in [-0.1, -0.05) is 38.8 Å². The fourth-order valence-electron chi connectivity index (χ4n) is 2.11. The van der Waals surface area contributed by atoms with Gasteiger partial charge in [-0.25, -0.2) is 13.1 Å². The zero-order valence-electron chi connectivity index (χ0n) is 12.0. The SMILES string of the molecule is CCC(CC)C(O)CNS(=O)(=O)c1ccccc1[N+](=O)[O-]. The molecular formula is C13H20N2O5S. The summed E-state index contributed by atoms with van der Waals surface area (Å²) in [5.41, 5.74) is -0.484. The van der Waals surface area contributed by atoms with Gasteiger partial charge in [-0.2, -0.15) is 0 Å². The van der Waals surface area contributed by atoms with Crippen LogP contribution in [0.15, 0.2) is 29.2 Å². The Labute approximate surface area is 124 Å². The van der Waals surface area contributed by atoms with Crippen molar-refractivity contribution in [2.45, 2.75) is 37.7 Å². The number of aliphatic hydroxyl groups excluding tert-OH is 1. The van der Waals surface area contributed by atoms with E-state index in [0.29, 0.717) is 0 Å². The van der Waals surface area contributed by atoms with Crippen LogP contribution in [0.3, 0.4) is 0 Å². The summed E-state index contributed by atoms with van der Waals surface area (Å²) in [5, 5.41) is 20.8. The van der Waals surface area contributed by atoms with Crippen LogP contribution < -0.4 is 4.72 Å². The summed E-state index contributed by atoms with van der Waals surface area (Å²) < 4.78 is 26.5. The topological polar surface area (TPSA) is 110 Å². The van der Waals surface area contributed by atoms with Gasteiger partial charge in [0, 0.05) is 12.6 Å². The van der Waals surface area contributed by atoms with E-state index in [9.17, 15) is 23.6 Å². The fraction of sp³-hybridized carbons (Fsp3) is 0.538. The van der Waals surface area contributed by atoms with Crippen LogP contribution in [0.5, 0.6) is 0 Å². The molecule has 0 spiro atoms. The lowest BCUT2D eigenvalue weighted by Crippen LogP contribution is -2.36. The Bertz CT molecular complexity index is 584. The first kappa shape index (κ1) is 17.5. The van der Waals surface area contributed by atoms with E-state index in [1.165, 1.54) is 18.2 Å². The molecule has 8 heteroatoms. The van der Waals surface area contributed by atoms with Crippen LogP contribution in [0, 0.1) is 16.0 Å². The highest BCUT2D eigenvalue weighted by atomic mass is 32.2. The number of aliphatic hydroxyl groups is 1. The second kappa shape index (κ2) is 7.48. The minimum atomic E-state index is -4.03. The molecule has 0 fully saturated rings. The Kier molecular flexibility index (Phi) is 6.25. The first-order valence-electron chi connectivity index (χ1n) is 6.74. The number of nitrogens with one attached hydrogen (secondary N) is 1. The van der Waals surface area contributed by atoms with E-state index < -0.39 is 31.6 Å². The molecule has 1 aromatic carbocycles. The maximum Gasteiger partial charge on any atom is 0.289 e. The molecule has 1 aromatic rings. The molecule has 21 heavy (non-hydrogen) atoms. The Morgan fingerprint density at radius 3 is 2.38 bits per heavy atom. The molecule has 1 atom stereocenters. The third-order valence-electron chi connectivity index (χ3n) is 3.43. The zero-order chi connectivity index (χ0) is 16.0. The largest absolute Gasteiger partial charge is 0.391 e. The highest BCUT2D eigenvalue weighted by Gasteiger charge is 2.26. The molecule has 0 aliphatic heterocycles. The predicted molar refractivity (Wildman–Crippen MR) is 78.4 cm³/mol. The molecular weight excluding hydrogens is 296 g/mol. The highest BCUT2D eigenvalue weighted by Crippen LogP contribution is 2.23. The van der Waals surface area contributed by atoms with Gasteiger partial charge in [0.2, 0.25) is 10.0 Å². The number of hydrogen-bond acceptors (Lipinski definition) is 5. The number of nitro groups is 1. The lowest BCUT2D eigenvalue weighted by atomic mass is 9.97. The molecule has 0 radical (unpaired) electrons. The molecule has 118 valence electrons. The summed E-state index contributed by atoms with van der Waals surface area (Å²) in [7, 11) is -4.03. The summed E-state index contributed by atoms with van der Waals surface area (Å²) in [5.74, 6) is -0.0153. The molecule has 7 nitrogen and oxygen atoms in total. The average molecular weight is 316 g/mol. The Hall–Kier alpha value is -1.51. The average Bonchev–Trinajstić information content (AvgIpc) is 2.46. The van der Waals surface area contributed by atoms with Crippen molar-refractivity contribution >= 4 is 15.7 Å². The van der Waals surface area contributed by atoms with Gasteiger partial charge < -0.3 is 5.11 Å². The van der Waals surface area contributed by atoms with Crippen molar-refractivity contribution in [3.63, 3.8) is 0 Å². The van der Waals surface area contributed by atoms with E-state index in [2.05, 4.69) is 4.72 Å². The zero-order valence-corrected chi connectivity index (χ0v) is 12.8. The predicted octanol–water partition coefficient (Wildman–Crippen LogP) is 1.67. The molecule has 0 saturated carbocycles. The quantitative estimate of drug-likeness (QED) is 0.560. The first-order valence-corrected chi connectivity index (χ1v) is 8.22. The monoisotopic (exact) mass is 316 g/mol. The van der Waals surface area contributed by atoms with Crippen molar-refractivity contribution in [2.75, 3.05) is 6.54 Å². The second-order valence-electron chi connectivity index (χ2n) is 4.72. The van der Waals surface area contributed by atoms with Crippen molar-refractivity contribution in [2.24, 2.45) is 5.92 Å². The highest BCUT2D eigenvalue weighted by molar-refractivity contribution is 7.89. The fourth-order valence-corrected chi connectivity index (χ4v) is 3.33. The number of sulfonamides is 1. The molecule has 0 saturated heterocycles. The molecule has 0 amide bonds. The van der Waals surface area contributed by atoms with Crippen LogP contribution in [-0.4, -0.2) is 31.1 Å². The van der Waals surface area contributed by atoms with Crippen LogP contribution in [0.1, 0.15) is 26.7 Å². The lowest BCUT2D eigenvalue weighted by Gasteiger charge is -2.20. The van der Waals surface area contributed by atoms with Gasteiger partial charge in [-0.05, 0) is 12.0 Å². The third kappa shape index (κ3) is 4.48.